The van der Waals surface area contributed by atoms with Crippen LogP contribution in [0, 0.1) is 5.41 Å². The molecule has 0 rings (SSSR count). The molecular formula is C6H10N2. The zero-order valence-corrected chi connectivity index (χ0v) is 5.18. The largest absolute Gasteiger partial charge is 0.308 e. The van der Waals surface area contributed by atoms with Crippen LogP contribution in [0.1, 0.15) is 6.92 Å². The quantitative estimate of drug-likeness (QED) is 0.520. The monoisotopic (exact) mass is 110 g/mol. The van der Waals surface area contributed by atoms with Crippen molar-refractivity contribution < 1.29 is 0 Å². The molecule has 0 aliphatic heterocycles. The number of rotatable bonds is 2. The van der Waals surface area contributed by atoms with Crippen LogP contribution in [0.2, 0.25) is 0 Å². The van der Waals surface area contributed by atoms with E-state index in [-0.39, 0.29) is 0 Å². The van der Waals surface area contributed by atoms with E-state index >= 15 is 0 Å². The second kappa shape index (κ2) is 4.24. The van der Waals surface area contributed by atoms with Crippen LogP contribution in [0.3, 0.4) is 0 Å². The van der Waals surface area contributed by atoms with Gasteiger partial charge in [-0.15, -0.1) is 0 Å². The number of hydrogen-bond donors (Lipinski definition) is 1. The average Bonchev–Trinajstić information content (AvgIpc) is 1.83. The van der Waals surface area contributed by atoms with E-state index in [9.17, 15) is 0 Å². The SMILES string of the molecule is C/N=C\C=C(\C)C=N. The Labute approximate surface area is 49.5 Å². The number of allylic oxidation sites excluding steroid dienone is 2. The third kappa shape index (κ3) is 3.28. The summed E-state index contributed by atoms with van der Waals surface area (Å²) >= 11 is 0. The summed E-state index contributed by atoms with van der Waals surface area (Å²) in [5.74, 6) is 0. The van der Waals surface area contributed by atoms with Gasteiger partial charge < -0.3 is 5.41 Å². The molecule has 1 N–H and O–H groups in total. The van der Waals surface area contributed by atoms with Crippen LogP contribution in [0.4, 0.5) is 0 Å². The van der Waals surface area contributed by atoms with Crippen molar-refractivity contribution in [1.29, 1.82) is 5.41 Å². The standard InChI is InChI=1S/C6H10N2/c1-6(5-7)3-4-8-2/h3-5,7H,1-2H3/b6-3-,7-5?,8-4-. The molecule has 0 saturated heterocycles. The van der Waals surface area contributed by atoms with Crippen molar-refractivity contribution in [3.05, 3.63) is 11.6 Å². The van der Waals surface area contributed by atoms with Crippen LogP contribution in [-0.4, -0.2) is 19.5 Å². The van der Waals surface area contributed by atoms with E-state index in [1.807, 2.05) is 6.92 Å². The molecule has 0 heterocycles. The van der Waals surface area contributed by atoms with Gasteiger partial charge in [-0.3, -0.25) is 4.99 Å². The molecular weight excluding hydrogens is 100 g/mol. The van der Waals surface area contributed by atoms with E-state index in [0.717, 1.165) is 5.57 Å². The molecule has 0 radical (unpaired) electrons. The predicted octanol–water partition coefficient (Wildman–Crippen LogP) is 1.28. The van der Waals surface area contributed by atoms with Crippen molar-refractivity contribution in [2.24, 2.45) is 4.99 Å². The maximum absolute atomic E-state index is 6.73. The van der Waals surface area contributed by atoms with E-state index in [2.05, 4.69) is 4.99 Å². The van der Waals surface area contributed by atoms with Gasteiger partial charge in [0.15, 0.2) is 0 Å². The first-order chi connectivity index (χ1) is 3.81. The summed E-state index contributed by atoms with van der Waals surface area (Å²) in [6.45, 7) is 1.86. The lowest BCUT2D eigenvalue weighted by atomic mass is 10.3. The molecule has 0 saturated carbocycles. The number of hydrogen-bond acceptors (Lipinski definition) is 2. The molecule has 2 nitrogen and oxygen atoms in total. The van der Waals surface area contributed by atoms with Gasteiger partial charge in [-0.05, 0) is 18.6 Å². The normalized spacial score (nSPS) is 12.5. The van der Waals surface area contributed by atoms with Crippen LogP contribution in [0.5, 0.6) is 0 Å². The van der Waals surface area contributed by atoms with Gasteiger partial charge in [-0.25, -0.2) is 0 Å². The summed E-state index contributed by atoms with van der Waals surface area (Å²) in [5, 5.41) is 6.73. The second-order valence-corrected chi connectivity index (χ2v) is 1.46. The Morgan fingerprint density at radius 3 is 2.62 bits per heavy atom. The van der Waals surface area contributed by atoms with E-state index in [1.54, 1.807) is 19.3 Å². The van der Waals surface area contributed by atoms with Gasteiger partial charge in [0.05, 0.1) is 0 Å². The molecule has 0 spiro atoms. The van der Waals surface area contributed by atoms with Gasteiger partial charge in [0.1, 0.15) is 0 Å². The van der Waals surface area contributed by atoms with Gasteiger partial charge >= 0.3 is 0 Å². The Hall–Kier alpha value is -0.920. The summed E-state index contributed by atoms with van der Waals surface area (Å²) in [5.41, 5.74) is 0.913. The van der Waals surface area contributed by atoms with Crippen molar-refractivity contribution in [2.45, 2.75) is 6.92 Å². The fraction of sp³-hybridized carbons (Fsp3) is 0.333. The fourth-order valence-corrected chi connectivity index (χ4v) is 0.240. The molecule has 8 heavy (non-hydrogen) atoms. The first kappa shape index (κ1) is 7.08. The Bertz CT molecular complexity index is 122. The molecule has 0 aromatic carbocycles. The van der Waals surface area contributed by atoms with Crippen molar-refractivity contribution >= 4 is 12.4 Å². The zero-order valence-electron chi connectivity index (χ0n) is 5.18. The summed E-state index contributed by atoms with van der Waals surface area (Å²) in [6, 6.07) is 0. The van der Waals surface area contributed by atoms with E-state index < -0.39 is 0 Å². The molecule has 0 unspecified atom stereocenters. The molecule has 0 atom stereocenters. The molecule has 0 amide bonds. The van der Waals surface area contributed by atoms with Gasteiger partial charge in [-0.2, -0.15) is 0 Å². The first-order valence-electron chi connectivity index (χ1n) is 2.40. The molecule has 44 valence electrons. The molecule has 0 aliphatic carbocycles. The second-order valence-electron chi connectivity index (χ2n) is 1.46. The topological polar surface area (TPSA) is 36.2 Å². The van der Waals surface area contributed by atoms with E-state index in [0.29, 0.717) is 0 Å². The van der Waals surface area contributed by atoms with Crippen LogP contribution >= 0.6 is 0 Å². The summed E-state index contributed by atoms with van der Waals surface area (Å²) in [4.78, 5) is 3.72. The Balaban J connectivity index is 3.74. The molecule has 0 fully saturated rings. The third-order valence-electron chi connectivity index (χ3n) is 0.714. The highest BCUT2D eigenvalue weighted by Crippen LogP contribution is 1.80. The lowest BCUT2D eigenvalue weighted by molar-refractivity contribution is 1.46. The molecule has 0 bridgehead atoms. The Morgan fingerprint density at radius 2 is 2.25 bits per heavy atom. The van der Waals surface area contributed by atoms with Crippen molar-refractivity contribution in [2.75, 3.05) is 7.05 Å². The zero-order chi connectivity index (χ0) is 6.41. The highest BCUT2D eigenvalue weighted by Gasteiger charge is 1.72. The molecule has 0 aromatic rings. The van der Waals surface area contributed by atoms with Crippen LogP contribution in [-0.2, 0) is 0 Å². The predicted molar refractivity (Wildman–Crippen MR) is 37.0 cm³/mol. The van der Waals surface area contributed by atoms with E-state index in [1.165, 1.54) is 6.21 Å². The van der Waals surface area contributed by atoms with Crippen molar-refractivity contribution in [3.63, 3.8) is 0 Å². The third-order valence-corrected chi connectivity index (χ3v) is 0.714. The molecule has 0 aliphatic rings. The summed E-state index contributed by atoms with van der Waals surface area (Å²) in [6.07, 6.45) is 4.75. The smallest absolute Gasteiger partial charge is 0.0277 e. The maximum atomic E-state index is 6.73. The number of aliphatic imine (C=N–C) groups is 1. The van der Waals surface area contributed by atoms with Crippen LogP contribution < -0.4 is 0 Å². The molecule has 2 heteroatoms. The first-order valence-corrected chi connectivity index (χ1v) is 2.40. The van der Waals surface area contributed by atoms with Gasteiger partial charge in [-0.1, -0.05) is 0 Å². The average molecular weight is 110 g/mol. The van der Waals surface area contributed by atoms with Crippen LogP contribution in [0.25, 0.3) is 0 Å². The molecule has 0 aromatic heterocycles. The highest BCUT2D eigenvalue weighted by molar-refractivity contribution is 5.84. The van der Waals surface area contributed by atoms with Crippen molar-refractivity contribution in [1.82, 2.24) is 0 Å². The minimum Gasteiger partial charge on any atom is -0.308 e. The lowest BCUT2D eigenvalue weighted by Gasteiger charge is -1.79. The van der Waals surface area contributed by atoms with Gasteiger partial charge in [0.25, 0.3) is 0 Å². The minimum absolute atomic E-state index is 0.913. The number of nitrogens with one attached hydrogen (secondary N) is 1. The van der Waals surface area contributed by atoms with Gasteiger partial charge in [0, 0.05) is 19.5 Å². The van der Waals surface area contributed by atoms with Gasteiger partial charge in [0.2, 0.25) is 0 Å². The summed E-state index contributed by atoms with van der Waals surface area (Å²) in [7, 11) is 1.70. The Morgan fingerprint density at radius 1 is 1.62 bits per heavy atom. The minimum atomic E-state index is 0.913. The van der Waals surface area contributed by atoms with Crippen molar-refractivity contribution in [3.8, 4) is 0 Å². The maximum Gasteiger partial charge on any atom is 0.0277 e. The summed E-state index contributed by atoms with van der Waals surface area (Å²) < 4.78 is 0. The van der Waals surface area contributed by atoms with E-state index in [4.69, 9.17) is 5.41 Å². The van der Waals surface area contributed by atoms with Crippen LogP contribution in [0.15, 0.2) is 16.6 Å². The Kier molecular flexibility index (Phi) is 3.76. The number of nitrogens with zero attached hydrogens (tertiary/aromatic N) is 1. The fourth-order valence-electron chi connectivity index (χ4n) is 0.240. The highest BCUT2D eigenvalue weighted by atomic mass is 14.6. The lowest BCUT2D eigenvalue weighted by Crippen LogP contribution is -1.74.